The smallest absolute Gasteiger partial charge is 0.397 e. The minimum absolute atomic E-state index is 0.00352. The molecule has 20 heavy (non-hydrogen) atoms. The van der Waals surface area contributed by atoms with Gasteiger partial charge in [-0.25, -0.2) is 8.42 Å². The Bertz CT molecular complexity index is 576. The summed E-state index contributed by atoms with van der Waals surface area (Å²) in [5.41, 5.74) is 5.48. The first-order valence-electron chi connectivity index (χ1n) is 5.70. The van der Waals surface area contributed by atoms with Crippen LogP contribution in [0, 0.1) is 0 Å². The Morgan fingerprint density at radius 3 is 2.40 bits per heavy atom. The minimum atomic E-state index is -4.61. The van der Waals surface area contributed by atoms with Crippen molar-refractivity contribution in [1.82, 2.24) is 4.31 Å². The van der Waals surface area contributed by atoms with Crippen molar-refractivity contribution in [3.8, 4) is 0 Å². The fraction of sp³-hybridized carbons (Fsp3) is 0.455. The molecule has 0 aliphatic rings. The molecule has 0 unspecified atom stereocenters. The van der Waals surface area contributed by atoms with Gasteiger partial charge in [0, 0.05) is 6.54 Å². The van der Waals surface area contributed by atoms with E-state index >= 15 is 0 Å². The number of sulfonamides is 1. The molecule has 0 aliphatic heterocycles. The number of benzene rings is 1. The van der Waals surface area contributed by atoms with Crippen LogP contribution in [0.1, 0.15) is 13.3 Å². The molecule has 0 radical (unpaired) electrons. The molecule has 0 amide bonds. The van der Waals surface area contributed by atoms with Crippen LogP contribution >= 0.6 is 11.6 Å². The highest BCUT2D eigenvalue weighted by Crippen LogP contribution is 2.26. The van der Waals surface area contributed by atoms with Crippen molar-refractivity contribution in [3.05, 3.63) is 23.2 Å². The largest absolute Gasteiger partial charge is 0.402 e. The van der Waals surface area contributed by atoms with Crippen LogP contribution in [0.15, 0.2) is 23.1 Å². The van der Waals surface area contributed by atoms with Gasteiger partial charge in [-0.1, -0.05) is 18.5 Å². The van der Waals surface area contributed by atoms with E-state index in [2.05, 4.69) is 0 Å². The molecule has 1 rings (SSSR count). The topological polar surface area (TPSA) is 63.4 Å². The number of hydrogen-bond donors (Lipinski definition) is 1. The Morgan fingerprint density at radius 1 is 1.35 bits per heavy atom. The van der Waals surface area contributed by atoms with Crippen LogP contribution in [-0.4, -0.2) is 32.0 Å². The van der Waals surface area contributed by atoms with Crippen LogP contribution in [0.3, 0.4) is 0 Å². The Labute approximate surface area is 120 Å². The second kappa shape index (κ2) is 6.19. The molecule has 0 saturated carbocycles. The number of hydrogen-bond acceptors (Lipinski definition) is 3. The van der Waals surface area contributed by atoms with Gasteiger partial charge in [0.05, 0.1) is 15.6 Å². The van der Waals surface area contributed by atoms with Crippen LogP contribution in [0.2, 0.25) is 5.02 Å². The van der Waals surface area contributed by atoms with Gasteiger partial charge in [0.15, 0.2) is 0 Å². The Morgan fingerprint density at radius 2 is 1.95 bits per heavy atom. The quantitative estimate of drug-likeness (QED) is 0.844. The number of nitrogens with two attached hydrogens (primary N) is 1. The van der Waals surface area contributed by atoms with Gasteiger partial charge < -0.3 is 5.73 Å². The molecule has 1 aromatic carbocycles. The molecule has 0 heterocycles. The molecule has 0 atom stereocenters. The molecule has 0 aromatic heterocycles. The summed E-state index contributed by atoms with van der Waals surface area (Å²) < 4.78 is 62.2. The zero-order valence-electron chi connectivity index (χ0n) is 10.6. The molecule has 1 aromatic rings. The predicted octanol–water partition coefficient (Wildman–Crippen LogP) is 2.89. The van der Waals surface area contributed by atoms with E-state index in [1.165, 1.54) is 6.07 Å². The van der Waals surface area contributed by atoms with Gasteiger partial charge in [0.2, 0.25) is 10.0 Å². The lowest BCUT2D eigenvalue weighted by molar-refractivity contribution is -0.136. The Hall–Kier alpha value is -0.990. The third-order valence-electron chi connectivity index (χ3n) is 2.43. The van der Waals surface area contributed by atoms with Crippen LogP contribution in [0.25, 0.3) is 0 Å². The fourth-order valence-corrected chi connectivity index (χ4v) is 3.24. The molecule has 0 saturated heterocycles. The second-order valence-electron chi connectivity index (χ2n) is 4.14. The SMILES string of the molecule is CCCN(CC(F)(F)F)S(=O)(=O)c1ccc(Cl)c(N)c1. The first-order chi connectivity index (χ1) is 9.08. The van der Waals surface area contributed by atoms with E-state index in [0.717, 1.165) is 12.1 Å². The first-order valence-corrected chi connectivity index (χ1v) is 7.51. The van der Waals surface area contributed by atoms with Gasteiger partial charge in [0.1, 0.15) is 6.54 Å². The number of alkyl halides is 3. The van der Waals surface area contributed by atoms with Crippen molar-refractivity contribution in [1.29, 1.82) is 0 Å². The van der Waals surface area contributed by atoms with Crippen molar-refractivity contribution in [3.63, 3.8) is 0 Å². The number of rotatable bonds is 5. The normalized spacial score (nSPS) is 12.9. The van der Waals surface area contributed by atoms with Gasteiger partial charge in [-0.3, -0.25) is 0 Å². The molecule has 0 aliphatic carbocycles. The standard InChI is InChI=1S/C11H14ClF3N2O2S/c1-2-5-17(7-11(13,14)15)20(18,19)8-3-4-9(12)10(16)6-8/h3-4,6H,2,5,7,16H2,1H3. The number of halogens is 4. The van der Waals surface area contributed by atoms with Gasteiger partial charge in [-0.2, -0.15) is 17.5 Å². The summed E-state index contributed by atoms with van der Waals surface area (Å²) in [6, 6.07) is 3.42. The maximum absolute atomic E-state index is 12.5. The summed E-state index contributed by atoms with van der Waals surface area (Å²) in [7, 11) is -4.26. The molecule has 0 fully saturated rings. The monoisotopic (exact) mass is 330 g/mol. The maximum Gasteiger partial charge on any atom is 0.402 e. The molecular formula is C11H14ClF3N2O2S. The minimum Gasteiger partial charge on any atom is -0.397 e. The number of anilines is 1. The summed E-state index contributed by atoms with van der Waals surface area (Å²) in [5, 5.41) is 0.141. The summed E-state index contributed by atoms with van der Waals surface area (Å²) in [6.07, 6.45) is -4.35. The summed E-state index contributed by atoms with van der Waals surface area (Å²) >= 11 is 5.66. The Balaban J connectivity index is 3.18. The molecule has 0 bridgehead atoms. The number of nitrogens with zero attached hydrogens (tertiary/aromatic N) is 1. The summed E-state index contributed by atoms with van der Waals surface area (Å²) in [5.74, 6) is 0. The molecule has 0 spiro atoms. The van der Waals surface area contributed by atoms with E-state index in [1.54, 1.807) is 6.92 Å². The second-order valence-corrected chi connectivity index (χ2v) is 6.48. The van der Waals surface area contributed by atoms with Crippen LogP contribution < -0.4 is 5.73 Å². The van der Waals surface area contributed by atoms with E-state index < -0.39 is 22.7 Å². The van der Waals surface area contributed by atoms with Crippen LogP contribution in [0.4, 0.5) is 18.9 Å². The van der Waals surface area contributed by atoms with Gasteiger partial charge in [-0.05, 0) is 24.6 Å². The van der Waals surface area contributed by atoms with E-state index in [0.29, 0.717) is 4.31 Å². The lowest BCUT2D eigenvalue weighted by Gasteiger charge is -2.23. The van der Waals surface area contributed by atoms with E-state index in [-0.39, 0.29) is 28.6 Å². The number of nitrogen functional groups attached to an aromatic ring is 1. The zero-order valence-corrected chi connectivity index (χ0v) is 12.2. The highest BCUT2D eigenvalue weighted by atomic mass is 35.5. The van der Waals surface area contributed by atoms with Crippen LogP contribution in [-0.2, 0) is 10.0 Å². The predicted molar refractivity (Wildman–Crippen MR) is 71.0 cm³/mol. The summed E-state index contributed by atoms with van der Waals surface area (Å²) in [6.45, 7) is -0.175. The highest BCUT2D eigenvalue weighted by Gasteiger charge is 2.36. The van der Waals surface area contributed by atoms with Crippen molar-refractivity contribution in [2.24, 2.45) is 0 Å². The van der Waals surface area contributed by atoms with E-state index in [1.807, 2.05) is 0 Å². The van der Waals surface area contributed by atoms with Crippen molar-refractivity contribution >= 4 is 27.3 Å². The molecule has 4 nitrogen and oxygen atoms in total. The molecule has 114 valence electrons. The average Bonchev–Trinajstić information content (AvgIpc) is 2.30. The maximum atomic E-state index is 12.5. The van der Waals surface area contributed by atoms with Gasteiger partial charge >= 0.3 is 6.18 Å². The lowest BCUT2D eigenvalue weighted by atomic mass is 10.3. The Kier molecular flexibility index (Phi) is 5.28. The average molecular weight is 331 g/mol. The summed E-state index contributed by atoms with van der Waals surface area (Å²) in [4.78, 5) is -0.308. The van der Waals surface area contributed by atoms with Crippen molar-refractivity contribution < 1.29 is 21.6 Å². The molecule has 2 N–H and O–H groups in total. The van der Waals surface area contributed by atoms with E-state index in [9.17, 15) is 21.6 Å². The van der Waals surface area contributed by atoms with Crippen molar-refractivity contribution in [2.45, 2.75) is 24.4 Å². The first kappa shape index (κ1) is 17.1. The third-order valence-corrected chi connectivity index (χ3v) is 4.62. The van der Waals surface area contributed by atoms with Gasteiger partial charge in [0.25, 0.3) is 0 Å². The van der Waals surface area contributed by atoms with Crippen LogP contribution in [0.5, 0.6) is 0 Å². The van der Waals surface area contributed by atoms with E-state index in [4.69, 9.17) is 17.3 Å². The third kappa shape index (κ3) is 4.26. The molecule has 9 heteroatoms. The van der Waals surface area contributed by atoms with Crippen molar-refractivity contribution in [2.75, 3.05) is 18.8 Å². The fourth-order valence-electron chi connectivity index (χ4n) is 1.56. The molecular weight excluding hydrogens is 317 g/mol. The zero-order chi connectivity index (χ0) is 15.6. The van der Waals surface area contributed by atoms with Gasteiger partial charge in [-0.15, -0.1) is 0 Å². The highest BCUT2D eigenvalue weighted by molar-refractivity contribution is 7.89. The lowest BCUT2D eigenvalue weighted by Crippen LogP contribution is -2.39.